The largest absolute Gasteiger partial charge is 0.494 e. The van der Waals surface area contributed by atoms with Gasteiger partial charge in [-0.05, 0) is 148 Å². The van der Waals surface area contributed by atoms with Gasteiger partial charge in [0.05, 0.1) is 44.6 Å². The molecule has 0 unspecified atom stereocenters. The van der Waals surface area contributed by atoms with Gasteiger partial charge >= 0.3 is 21.1 Å². The molecule has 0 atom stereocenters. The van der Waals surface area contributed by atoms with Crippen LogP contribution in [0.2, 0.25) is 0 Å². The zero-order valence-electron chi connectivity index (χ0n) is 42.4. The van der Waals surface area contributed by atoms with Crippen molar-refractivity contribution >= 4 is 64.3 Å². The topological polar surface area (TPSA) is 91.0 Å². The number of para-hydroxylation sites is 2. The van der Waals surface area contributed by atoms with Gasteiger partial charge in [0.1, 0.15) is 0 Å². The van der Waals surface area contributed by atoms with Crippen LogP contribution >= 0.6 is 15.9 Å². The minimum absolute atomic E-state index is 0. The first-order valence-electron chi connectivity index (χ1n) is 24.0. The van der Waals surface area contributed by atoms with Crippen LogP contribution in [0.4, 0.5) is 0 Å². The number of hydrogen-bond acceptors (Lipinski definition) is 8. The Labute approximate surface area is 430 Å². The number of halogens is 1. The third-order valence-electron chi connectivity index (χ3n) is 14.9. The van der Waals surface area contributed by atoms with Gasteiger partial charge < -0.3 is 37.1 Å². The van der Waals surface area contributed by atoms with Gasteiger partial charge in [-0.1, -0.05) is 96.2 Å². The predicted molar refractivity (Wildman–Crippen MR) is 295 cm³/mol. The number of fused-ring (bicyclic) bond motifs is 2. The summed E-state index contributed by atoms with van der Waals surface area (Å²) < 4.78 is 41.9. The summed E-state index contributed by atoms with van der Waals surface area (Å²) in [5.74, 6) is 0. The molecule has 14 heteroatoms. The molecule has 8 aromatic rings. The van der Waals surface area contributed by atoms with Gasteiger partial charge in [0.15, 0.2) is 0 Å². The molecule has 3 fully saturated rings. The van der Waals surface area contributed by atoms with E-state index in [4.69, 9.17) is 27.9 Å². The Balaban J connectivity index is 0.000000147. The van der Waals surface area contributed by atoms with Crippen molar-refractivity contribution in [3.63, 3.8) is 0 Å². The quantitative estimate of drug-likeness (QED) is 0.152. The molecule has 0 spiro atoms. The van der Waals surface area contributed by atoms with Crippen molar-refractivity contribution in [2.24, 2.45) is 0 Å². The van der Waals surface area contributed by atoms with Crippen LogP contribution in [0.5, 0.6) is 0 Å². The second-order valence-electron chi connectivity index (χ2n) is 21.2. The highest BCUT2D eigenvalue weighted by molar-refractivity contribution is 9.10. The summed E-state index contributed by atoms with van der Waals surface area (Å²) in [4.78, 5) is 8.26. The maximum atomic E-state index is 6.27. The molecule has 0 bridgehead atoms. The van der Waals surface area contributed by atoms with Gasteiger partial charge in [0, 0.05) is 74.9 Å². The van der Waals surface area contributed by atoms with Crippen LogP contribution in [0.25, 0.3) is 55.4 Å². The number of rotatable bonds is 6. The lowest BCUT2D eigenvalue weighted by Crippen LogP contribution is -2.41. The molecule has 4 aromatic heterocycles. The molecule has 7 heterocycles. The lowest BCUT2D eigenvalue weighted by atomic mass is 9.49. The van der Waals surface area contributed by atoms with Crippen LogP contribution in [0.15, 0.2) is 163 Å². The SMILES string of the molecule is Brc1cccc(-c2cn(-c3ccncc3)c3ccccc23)c1.C.CC1(C)OB(B2OC(C)(C)C(C)(C)O2)OC1(C)C.CC1(C)OB(c2cccc(-c3cn(-c4ccncc4)c4ccccc34)c2)OC1(C)C. The predicted octanol–water partition coefficient (Wildman–Crippen LogP) is 13.3. The van der Waals surface area contributed by atoms with E-state index in [1.165, 1.54) is 38.5 Å². The van der Waals surface area contributed by atoms with Gasteiger partial charge in [-0.15, -0.1) is 0 Å². The highest BCUT2D eigenvalue weighted by Crippen LogP contribution is 2.43. The molecule has 3 saturated heterocycles. The van der Waals surface area contributed by atoms with Crippen molar-refractivity contribution in [2.75, 3.05) is 0 Å². The molecular formula is C57H66B3BrN4O6. The van der Waals surface area contributed by atoms with E-state index in [0.717, 1.165) is 26.9 Å². The highest BCUT2D eigenvalue weighted by atomic mass is 79.9. The third kappa shape index (κ3) is 10.2. The van der Waals surface area contributed by atoms with Gasteiger partial charge in [0.2, 0.25) is 0 Å². The maximum Gasteiger partial charge on any atom is 0.494 e. The van der Waals surface area contributed by atoms with Gasteiger partial charge in [-0.3, -0.25) is 9.97 Å². The second-order valence-corrected chi connectivity index (χ2v) is 22.2. The lowest BCUT2D eigenvalue weighted by molar-refractivity contribution is 0.00578. The number of pyridine rings is 2. The van der Waals surface area contributed by atoms with Crippen LogP contribution in [0.3, 0.4) is 0 Å². The van der Waals surface area contributed by atoms with E-state index < -0.39 is 14.0 Å². The molecule has 0 amide bonds. The molecule has 4 aromatic carbocycles. The standard InChI is InChI=1S/C25H25BN2O2.C19H13BrN2.C12H24B2O4.CH4/c1-24(2)25(3,4)30-26(29-24)19-9-7-8-18(16-19)22-17-28(20-12-14-27-15-13-20)23-11-6-5-10-21(22)23;20-15-5-3-4-14(12-15)18-13-22(16-8-10-21-11-9-16)19-7-2-1-6-17(18)19;1-9(2)10(3,4)16-13(15-9)14-17-11(5,6)12(7,8)18-14;/h5-17H,1-4H3;1-13H;1-8H3;1H4. The van der Waals surface area contributed by atoms with E-state index in [-0.39, 0.29) is 48.2 Å². The summed E-state index contributed by atoms with van der Waals surface area (Å²) in [6, 6.07) is 41.9. The van der Waals surface area contributed by atoms with Crippen molar-refractivity contribution in [3.05, 3.63) is 163 Å². The summed E-state index contributed by atoms with van der Waals surface area (Å²) in [6.45, 7) is 24.5. The van der Waals surface area contributed by atoms with E-state index >= 15 is 0 Å². The third-order valence-corrected chi connectivity index (χ3v) is 15.4. The van der Waals surface area contributed by atoms with Crippen molar-refractivity contribution < 1.29 is 27.9 Å². The minimum atomic E-state index is -0.476. The van der Waals surface area contributed by atoms with E-state index in [2.05, 4.69) is 166 Å². The molecule has 3 aliphatic rings. The Morgan fingerprint density at radius 3 is 1.20 bits per heavy atom. The van der Waals surface area contributed by atoms with Crippen molar-refractivity contribution in [3.8, 4) is 33.6 Å². The number of hydrogen-bond donors (Lipinski definition) is 0. The monoisotopic (exact) mass is 1010 g/mol. The highest BCUT2D eigenvalue weighted by Gasteiger charge is 2.63. The molecule has 71 heavy (non-hydrogen) atoms. The zero-order valence-corrected chi connectivity index (χ0v) is 43.9. The van der Waals surface area contributed by atoms with Crippen molar-refractivity contribution in [1.82, 2.24) is 19.1 Å². The fourth-order valence-corrected chi connectivity index (χ4v) is 9.14. The summed E-state index contributed by atoms with van der Waals surface area (Å²) in [6.07, 6.45) is 11.7. The Hall–Kier alpha value is -5.31. The molecule has 10 nitrogen and oxygen atoms in total. The summed E-state index contributed by atoms with van der Waals surface area (Å²) in [5, 5.41) is 2.46. The fraction of sp³-hybridized carbons (Fsp3) is 0.333. The van der Waals surface area contributed by atoms with E-state index in [9.17, 15) is 0 Å². The summed E-state index contributed by atoms with van der Waals surface area (Å²) in [5.41, 5.74) is 8.22. The Kier molecular flexibility index (Phi) is 14.4. The van der Waals surface area contributed by atoms with E-state index in [1.807, 2.05) is 111 Å². The average molecular weight is 1020 g/mol. The number of nitrogens with zero attached hydrogens (tertiary/aromatic N) is 4. The van der Waals surface area contributed by atoms with E-state index in [1.54, 1.807) is 0 Å². The summed E-state index contributed by atoms with van der Waals surface area (Å²) in [7, 11) is -1.32. The number of benzene rings is 4. The van der Waals surface area contributed by atoms with Gasteiger partial charge in [-0.25, -0.2) is 0 Å². The molecule has 3 aliphatic heterocycles. The fourth-order valence-electron chi connectivity index (χ4n) is 8.74. The molecular weight excluding hydrogens is 949 g/mol. The van der Waals surface area contributed by atoms with Crippen molar-refractivity contribution in [2.45, 2.75) is 124 Å². The Bertz CT molecular complexity index is 3060. The van der Waals surface area contributed by atoms with Crippen LogP contribution in [0.1, 0.15) is 90.5 Å². The molecule has 0 saturated carbocycles. The van der Waals surface area contributed by atoms with Crippen LogP contribution < -0.4 is 5.46 Å². The van der Waals surface area contributed by atoms with Crippen LogP contribution in [-0.2, 0) is 27.9 Å². The molecule has 0 N–H and O–H groups in total. The first kappa shape index (κ1) is 52.0. The maximum absolute atomic E-state index is 6.27. The Morgan fingerprint density at radius 2 is 0.789 bits per heavy atom. The van der Waals surface area contributed by atoms with Gasteiger partial charge in [-0.2, -0.15) is 0 Å². The van der Waals surface area contributed by atoms with Crippen LogP contribution in [0, 0.1) is 0 Å². The van der Waals surface area contributed by atoms with Crippen molar-refractivity contribution in [1.29, 1.82) is 0 Å². The lowest BCUT2D eigenvalue weighted by Gasteiger charge is -2.32. The smallest absolute Gasteiger partial charge is 0.405 e. The number of aromatic nitrogens is 4. The summed E-state index contributed by atoms with van der Waals surface area (Å²) >= 11 is 3.56. The average Bonchev–Trinajstić information content (AvgIpc) is 4.07. The first-order valence-corrected chi connectivity index (χ1v) is 24.8. The van der Waals surface area contributed by atoms with E-state index in [0.29, 0.717) is 0 Å². The molecule has 0 radical (unpaired) electrons. The van der Waals surface area contributed by atoms with Gasteiger partial charge in [0.25, 0.3) is 0 Å². The molecule has 11 rings (SSSR count). The second kappa shape index (κ2) is 19.6. The first-order chi connectivity index (χ1) is 33.1. The molecule has 366 valence electrons. The molecule has 0 aliphatic carbocycles. The minimum Gasteiger partial charge on any atom is -0.405 e. The zero-order chi connectivity index (χ0) is 49.9. The normalized spacial score (nSPS) is 18.9. The Morgan fingerprint density at radius 1 is 0.423 bits per heavy atom. The van der Waals surface area contributed by atoms with Crippen LogP contribution in [-0.4, -0.2) is 73.8 Å².